The average Bonchev–Trinajstić information content (AvgIpc) is 3.17. The minimum atomic E-state index is 0.114. The van der Waals surface area contributed by atoms with Crippen molar-refractivity contribution < 1.29 is 4.74 Å². The summed E-state index contributed by atoms with van der Waals surface area (Å²) in [7, 11) is 0. The van der Waals surface area contributed by atoms with Crippen LogP contribution >= 0.6 is 0 Å². The maximum absolute atomic E-state index is 6.88. The Hall–Kier alpha value is -1.60. The number of fused-ring (bicyclic) bond motifs is 5. The van der Waals surface area contributed by atoms with Crippen molar-refractivity contribution in [2.45, 2.75) is 116 Å². The van der Waals surface area contributed by atoms with E-state index in [1.54, 1.807) is 11.1 Å². The Morgan fingerprint density at radius 3 is 2.42 bits per heavy atom. The molecule has 2 aromatic rings. The molecule has 0 aromatic heterocycles. The van der Waals surface area contributed by atoms with Gasteiger partial charge >= 0.3 is 0 Å². The second-order valence-corrected chi connectivity index (χ2v) is 12.3. The summed E-state index contributed by atoms with van der Waals surface area (Å²) < 4.78 is 6.88. The van der Waals surface area contributed by atoms with Crippen molar-refractivity contribution in [1.29, 1.82) is 0 Å². The van der Waals surface area contributed by atoms with E-state index in [0.29, 0.717) is 5.41 Å². The van der Waals surface area contributed by atoms with Crippen LogP contribution in [0.25, 0.3) is 0 Å². The van der Waals surface area contributed by atoms with Gasteiger partial charge in [-0.05, 0) is 117 Å². The molecule has 6 rings (SSSR count). The molecule has 2 aromatic carbocycles. The number of hydrogen-bond acceptors (Lipinski definition) is 1. The molecule has 4 aliphatic rings. The second kappa shape index (κ2) is 11.0. The molecule has 0 heterocycles. The third-order valence-electron chi connectivity index (χ3n) is 10.8. The van der Waals surface area contributed by atoms with E-state index in [1.165, 1.54) is 81.8 Å². The average molecular weight is 487 g/mol. The molecule has 0 saturated heterocycles. The van der Waals surface area contributed by atoms with Crippen molar-refractivity contribution in [2.75, 3.05) is 6.61 Å². The molecular weight excluding hydrogens is 436 g/mol. The van der Waals surface area contributed by atoms with Crippen LogP contribution in [0, 0.1) is 23.2 Å². The van der Waals surface area contributed by atoms with Gasteiger partial charge < -0.3 is 4.74 Å². The summed E-state index contributed by atoms with van der Waals surface area (Å²) in [5, 5.41) is 0. The molecule has 0 aliphatic heterocycles. The van der Waals surface area contributed by atoms with Crippen LogP contribution in [-0.2, 0) is 17.6 Å². The molecule has 4 unspecified atom stereocenters. The molecule has 1 nitrogen and oxygen atoms in total. The van der Waals surface area contributed by atoms with Gasteiger partial charge in [-0.1, -0.05) is 82.1 Å². The van der Waals surface area contributed by atoms with Gasteiger partial charge in [-0.2, -0.15) is 0 Å². The second-order valence-electron chi connectivity index (χ2n) is 12.3. The van der Waals surface area contributed by atoms with Crippen LogP contribution in [0.5, 0.6) is 0 Å². The zero-order chi connectivity index (χ0) is 25.2. The van der Waals surface area contributed by atoms with Gasteiger partial charge in [-0.3, -0.25) is 0 Å². The molecule has 0 spiro atoms. The topological polar surface area (TPSA) is 9.23 Å². The van der Waals surface area contributed by atoms with Gasteiger partial charge in [-0.15, -0.1) is 0 Å². The molecule has 1 heteroatoms. The Balaban J connectivity index is 0.00000130. The van der Waals surface area contributed by atoms with Crippen LogP contribution in [-0.4, -0.2) is 12.2 Å². The lowest BCUT2D eigenvalue weighted by atomic mass is 9.46. The van der Waals surface area contributed by atoms with Crippen molar-refractivity contribution in [3.8, 4) is 0 Å². The summed E-state index contributed by atoms with van der Waals surface area (Å²) in [6.45, 7) is 9.80. The Labute approximate surface area is 221 Å². The van der Waals surface area contributed by atoms with Crippen LogP contribution in [0.15, 0.2) is 48.5 Å². The Morgan fingerprint density at radius 2 is 1.69 bits per heavy atom. The summed E-state index contributed by atoms with van der Waals surface area (Å²) in [5.41, 5.74) is 6.84. The molecule has 196 valence electrons. The minimum absolute atomic E-state index is 0.114. The lowest BCUT2D eigenvalue weighted by Crippen LogP contribution is -2.57. The first-order chi connectivity index (χ1) is 17.6. The van der Waals surface area contributed by atoms with Gasteiger partial charge in [-0.25, -0.2) is 0 Å². The van der Waals surface area contributed by atoms with Gasteiger partial charge in [0.15, 0.2) is 0 Å². The molecule has 5 atom stereocenters. The minimum Gasteiger partial charge on any atom is -0.375 e. The van der Waals surface area contributed by atoms with Crippen molar-refractivity contribution in [2.24, 2.45) is 23.2 Å². The summed E-state index contributed by atoms with van der Waals surface area (Å²) in [5.74, 6) is 3.45. The van der Waals surface area contributed by atoms with Gasteiger partial charge in [0.25, 0.3) is 0 Å². The van der Waals surface area contributed by atoms with Gasteiger partial charge in [0.2, 0.25) is 0 Å². The Morgan fingerprint density at radius 1 is 0.889 bits per heavy atom. The number of aryl methyl sites for hydroxylation is 1. The highest BCUT2D eigenvalue weighted by atomic mass is 16.5. The maximum Gasteiger partial charge on any atom is 0.0715 e. The SMILES string of the molecule is CC.CCCCOC1(C)CCC2C3CCc4cc(Cc5ccccc5)ccc4C3CC[C@@]21C1CCC1. The van der Waals surface area contributed by atoms with E-state index in [0.717, 1.165) is 36.7 Å². The molecule has 0 radical (unpaired) electrons. The summed E-state index contributed by atoms with van der Waals surface area (Å²) in [4.78, 5) is 0. The first-order valence-corrected chi connectivity index (χ1v) is 15.4. The Bertz CT molecular complexity index is 991. The zero-order valence-electron chi connectivity index (χ0n) is 23.5. The fourth-order valence-corrected chi connectivity index (χ4v) is 9.05. The lowest BCUT2D eigenvalue weighted by Gasteiger charge is -2.60. The van der Waals surface area contributed by atoms with E-state index in [-0.39, 0.29) is 5.60 Å². The van der Waals surface area contributed by atoms with E-state index < -0.39 is 0 Å². The standard InChI is InChI=1S/C33H44O.C2H6/c1-3-4-21-34-32(2)19-18-31-30-16-14-26-23-25(22-24-9-6-5-7-10-24)13-15-28(26)29(30)17-20-33(31,32)27-11-8-12-27;1-2/h5-7,9-10,13,15,23,27,29-31H,3-4,8,11-12,14,16-22H2,1-2H3;1-2H3/t29?,30?,31?,32?,33-;/m1./s1. The van der Waals surface area contributed by atoms with E-state index in [9.17, 15) is 0 Å². The molecule has 4 aliphatic carbocycles. The molecule has 3 saturated carbocycles. The normalized spacial score (nSPS) is 32.9. The van der Waals surface area contributed by atoms with Crippen LogP contribution < -0.4 is 0 Å². The smallest absolute Gasteiger partial charge is 0.0715 e. The maximum atomic E-state index is 6.88. The molecule has 0 bridgehead atoms. The number of unbranched alkanes of at least 4 members (excludes halogenated alkanes) is 1. The van der Waals surface area contributed by atoms with Crippen molar-refractivity contribution in [1.82, 2.24) is 0 Å². The number of rotatable bonds is 7. The van der Waals surface area contributed by atoms with E-state index >= 15 is 0 Å². The highest BCUT2D eigenvalue weighted by Gasteiger charge is 2.66. The Kier molecular flexibility index (Phi) is 7.97. The van der Waals surface area contributed by atoms with Crippen LogP contribution in [0.2, 0.25) is 0 Å². The molecular formula is C35H50O. The summed E-state index contributed by atoms with van der Waals surface area (Å²) in [6.07, 6.45) is 16.0. The highest BCUT2D eigenvalue weighted by Crippen LogP contribution is 2.70. The fourth-order valence-electron chi connectivity index (χ4n) is 9.05. The monoisotopic (exact) mass is 486 g/mol. The fraction of sp³-hybridized carbons (Fsp3) is 0.657. The first kappa shape index (κ1) is 26.0. The summed E-state index contributed by atoms with van der Waals surface area (Å²) >= 11 is 0. The van der Waals surface area contributed by atoms with Crippen LogP contribution in [0.1, 0.15) is 120 Å². The highest BCUT2D eigenvalue weighted by molar-refractivity contribution is 5.40. The zero-order valence-corrected chi connectivity index (χ0v) is 23.5. The van der Waals surface area contributed by atoms with Gasteiger partial charge in [0.05, 0.1) is 5.60 Å². The number of hydrogen-bond donors (Lipinski definition) is 0. The van der Waals surface area contributed by atoms with Crippen molar-refractivity contribution >= 4 is 0 Å². The van der Waals surface area contributed by atoms with E-state index in [4.69, 9.17) is 4.74 Å². The summed E-state index contributed by atoms with van der Waals surface area (Å²) in [6, 6.07) is 18.5. The lowest BCUT2D eigenvalue weighted by molar-refractivity contribution is -0.183. The molecule has 3 fully saturated rings. The molecule has 0 N–H and O–H groups in total. The molecule has 36 heavy (non-hydrogen) atoms. The number of benzene rings is 2. The van der Waals surface area contributed by atoms with Crippen molar-refractivity contribution in [3.05, 3.63) is 70.8 Å². The van der Waals surface area contributed by atoms with E-state index in [1.807, 2.05) is 13.8 Å². The van der Waals surface area contributed by atoms with Gasteiger partial charge in [0, 0.05) is 12.0 Å². The predicted molar refractivity (Wildman–Crippen MR) is 153 cm³/mol. The molecule has 0 amide bonds. The largest absolute Gasteiger partial charge is 0.375 e. The quantitative estimate of drug-likeness (QED) is 0.354. The predicted octanol–water partition coefficient (Wildman–Crippen LogP) is 9.52. The van der Waals surface area contributed by atoms with Crippen molar-refractivity contribution in [3.63, 3.8) is 0 Å². The first-order valence-electron chi connectivity index (χ1n) is 15.4. The van der Waals surface area contributed by atoms with Crippen LogP contribution in [0.3, 0.4) is 0 Å². The third-order valence-corrected chi connectivity index (χ3v) is 10.8. The number of ether oxygens (including phenoxy) is 1. The third kappa shape index (κ3) is 4.38. The van der Waals surface area contributed by atoms with Crippen LogP contribution in [0.4, 0.5) is 0 Å². The van der Waals surface area contributed by atoms with E-state index in [2.05, 4.69) is 62.4 Å². The van der Waals surface area contributed by atoms with Gasteiger partial charge in [0.1, 0.15) is 0 Å².